The number of furan rings is 1. The number of thiazole rings is 1. The lowest BCUT2D eigenvalue weighted by Crippen LogP contribution is -2.10. The van der Waals surface area contributed by atoms with Crippen molar-refractivity contribution in [3.63, 3.8) is 0 Å². The van der Waals surface area contributed by atoms with Crippen LogP contribution in [0.4, 0.5) is 10.9 Å². The Balaban J connectivity index is 1.90. The fourth-order valence-electron chi connectivity index (χ4n) is 2.07. The number of hydrogen-bond acceptors (Lipinski definition) is 7. The number of nitro groups is 1. The Labute approximate surface area is 151 Å². The van der Waals surface area contributed by atoms with E-state index in [0.29, 0.717) is 10.7 Å². The van der Waals surface area contributed by atoms with Crippen molar-refractivity contribution < 1.29 is 14.1 Å². The molecule has 7 nitrogen and oxygen atoms in total. The number of anilines is 1. The van der Waals surface area contributed by atoms with Crippen molar-refractivity contribution in [3.05, 3.63) is 58.3 Å². The first-order valence-electron chi connectivity index (χ1n) is 7.33. The van der Waals surface area contributed by atoms with Gasteiger partial charge >= 0.3 is 5.88 Å². The van der Waals surface area contributed by atoms with Gasteiger partial charge in [0, 0.05) is 5.56 Å². The van der Waals surface area contributed by atoms with Crippen LogP contribution < -0.4 is 5.32 Å². The van der Waals surface area contributed by atoms with Crippen molar-refractivity contribution >= 4 is 39.9 Å². The predicted molar refractivity (Wildman–Crippen MR) is 97.3 cm³/mol. The van der Waals surface area contributed by atoms with Crippen molar-refractivity contribution in [3.8, 4) is 11.3 Å². The third-order valence-electron chi connectivity index (χ3n) is 3.15. The molecule has 0 unspecified atom stereocenters. The third-order valence-corrected chi connectivity index (χ3v) is 5.14. The molecule has 2 heterocycles. The Morgan fingerprint density at radius 1 is 1.32 bits per heavy atom. The molecule has 25 heavy (non-hydrogen) atoms. The van der Waals surface area contributed by atoms with Gasteiger partial charge in [-0.1, -0.05) is 60.4 Å². The van der Waals surface area contributed by atoms with Crippen molar-refractivity contribution in [1.29, 1.82) is 0 Å². The van der Waals surface area contributed by atoms with Gasteiger partial charge in [-0.05, 0) is 11.8 Å². The summed E-state index contributed by atoms with van der Waals surface area (Å²) in [6.45, 7) is 2.02. The second-order valence-corrected chi connectivity index (χ2v) is 7.32. The molecule has 0 saturated carbocycles. The van der Waals surface area contributed by atoms with E-state index in [2.05, 4.69) is 10.3 Å². The number of hydrogen-bond donors (Lipinski definition) is 1. The molecule has 1 amide bonds. The lowest BCUT2D eigenvalue weighted by atomic mass is 10.2. The molecule has 1 aromatic carbocycles. The first-order chi connectivity index (χ1) is 12.1. The van der Waals surface area contributed by atoms with E-state index in [1.807, 2.05) is 37.3 Å². The first kappa shape index (κ1) is 17.2. The van der Waals surface area contributed by atoms with Gasteiger partial charge in [0.2, 0.25) is 0 Å². The molecule has 128 valence electrons. The zero-order chi connectivity index (χ0) is 17.8. The zero-order valence-corrected chi connectivity index (χ0v) is 14.7. The second-order valence-electron chi connectivity index (χ2n) is 4.81. The summed E-state index contributed by atoms with van der Waals surface area (Å²) in [4.78, 5) is 26.9. The van der Waals surface area contributed by atoms with E-state index >= 15 is 0 Å². The number of nitrogens with zero attached hydrogens (tertiary/aromatic N) is 2. The Bertz CT molecular complexity index is 905. The maximum absolute atomic E-state index is 12.3. The highest BCUT2D eigenvalue weighted by molar-refractivity contribution is 8.01. The second kappa shape index (κ2) is 7.49. The maximum atomic E-state index is 12.3. The number of aromatic nitrogens is 1. The molecule has 2 aromatic heterocycles. The van der Waals surface area contributed by atoms with Gasteiger partial charge in [0.05, 0.1) is 6.07 Å². The van der Waals surface area contributed by atoms with Crippen LogP contribution in [0.3, 0.4) is 0 Å². The summed E-state index contributed by atoms with van der Waals surface area (Å²) in [5.74, 6) is -0.287. The summed E-state index contributed by atoms with van der Waals surface area (Å²) in [5.41, 5.74) is 1.54. The van der Waals surface area contributed by atoms with Gasteiger partial charge < -0.3 is 9.73 Å². The van der Waals surface area contributed by atoms with E-state index in [0.717, 1.165) is 21.7 Å². The van der Waals surface area contributed by atoms with Crippen LogP contribution >= 0.6 is 23.1 Å². The molecule has 0 radical (unpaired) electrons. The largest absolute Gasteiger partial charge is 0.433 e. The van der Waals surface area contributed by atoms with E-state index in [4.69, 9.17) is 4.42 Å². The monoisotopic (exact) mass is 375 g/mol. The molecule has 1 N–H and O–H groups in total. The summed E-state index contributed by atoms with van der Waals surface area (Å²) < 4.78 is 5.78. The minimum atomic E-state index is -0.686. The van der Waals surface area contributed by atoms with Crippen LogP contribution in [0.1, 0.15) is 17.5 Å². The van der Waals surface area contributed by atoms with Gasteiger partial charge in [-0.3, -0.25) is 14.9 Å². The molecule has 0 aliphatic heterocycles. The molecule has 3 rings (SSSR count). The summed E-state index contributed by atoms with van der Waals surface area (Å²) in [6.07, 6.45) is 0. The van der Waals surface area contributed by atoms with Gasteiger partial charge in [0.1, 0.15) is 15.6 Å². The average molecular weight is 375 g/mol. The van der Waals surface area contributed by atoms with Crippen molar-refractivity contribution in [1.82, 2.24) is 4.98 Å². The summed E-state index contributed by atoms with van der Waals surface area (Å²) >= 11 is 2.94. The molecular formula is C16H13N3O4S2. The molecule has 0 spiro atoms. The van der Waals surface area contributed by atoms with Crippen LogP contribution in [0, 0.1) is 10.1 Å². The smallest absolute Gasteiger partial charge is 0.395 e. The highest BCUT2D eigenvalue weighted by atomic mass is 32.2. The number of amides is 1. The Hall–Kier alpha value is -2.65. The molecule has 9 heteroatoms. The molecule has 3 aromatic rings. The Morgan fingerprint density at radius 2 is 2.08 bits per heavy atom. The highest BCUT2D eigenvalue weighted by Crippen LogP contribution is 2.37. The Kier molecular flexibility index (Phi) is 5.15. The standard InChI is InChI=1S/C16H13N3O4S2/c1-2-24-16-17-13(10-6-4-3-5-7-10)15(25-16)18-14(20)11-8-9-12(23-11)19(21)22/h3-9H,2H2,1H3,(H,18,20). The maximum Gasteiger partial charge on any atom is 0.433 e. The van der Waals surface area contributed by atoms with Gasteiger partial charge in [0.25, 0.3) is 5.91 Å². The quantitative estimate of drug-likeness (QED) is 0.382. The van der Waals surface area contributed by atoms with Crippen molar-refractivity contribution in [2.75, 3.05) is 11.1 Å². The average Bonchev–Trinajstić information content (AvgIpc) is 3.23. The molecular weight excluding hydrogens is 362 g/mol. The number of nitrogens with one attached hydrogen (secondary N) is 1. The zero-order valence-electron chi connectivity index (χ0n) is 13.1. The van der Waals surface area contributed by atoms with Crippen LogP contribution in [0.5, 0.6) is 0 Å². The van der Waals surface area contributed by atoms with Gasteiger partial charge in [0.15, 0.2) is 10.1 Å². The summed E-state index contributed by atoms with van der Waals surface area (Å²) in [5, 5.41) is 14.0. The fourth-order valence-corrected chi connectivity index (χ4v) is 4.03. The van der Waals surface area contributed by atoms with Crippen LogP contribution in [-0.2, 0) is 0 Å². The number of thioether (sulfide) groups is 1. The van der Waals surface area contributed by atoms with E-state index in [1.54, 1.807) is 11.8 Å². The Morgan fingerprint density at radius 3 is 2.72 bits per heavy atom. The number of rotatable bonds is 6. The van der Waals surface area contributed by atoms with Crippen LogP contribution in [-0.4, -0.2) is 21.6 Å². The van der Waals surface area contributed by atoms with Crippen LogP contribution in [0.2, 0.25) is 0 Å². The van der Waals surface area contributed by atoms with E-state index in [1.165, 1.54) is 17.4 Å². The van der Waals surface area contributed by atoms with Crippen molar-refractivity contribution in [2.45, 2.75) is 11.3 Å². The molecule has 0 aliphatic rings. The summed E-state index contributed by atoms with van der Waals surface area (Å²) in [7, 11) is 0. The third kappa shape index (κ3) is 3.89. The number of carbonyl (C=O) groups excluding carboxylic acids is 1. The lowest BCUT2D eigenvalue weighted by molar-refractivity contribution is -0.402. The molecule has 0 atom stereocenters. The molecule has 0 fully saturated rings. The van der Waals surface area contributed by atoms with E-state index in [9.17, 15) is 14.9 Å². The fraction of sp³-hybridized carbons (Fsp3) is 0.125. The predicted octanol–water partition coefficient (Wildman–Crippen LogP) is 4.68. The van der Waals surface area contributed by atoms with Crippen molar-refractivity contribution in [2.24, 2.45) is 0 Å². The van der Waals surface area contributed by atoms with Crippen LogP contribution in [0.15, 0.2) is 51.2 Å². The first-order valence-corrected chi connectivity index (χ1v) is 9.13. The molecule has 0 aliphatic carbocycles. The van der Waals surface area contributed by atoms with Crippen LogP contribution in [0.25, 0.3) is 11.3 Å². The molecule has 0 bridgehead atoms. The number of benzene rings is 1. The SMILES string of the molecule is CCSc1nc(-c2ccccc2)c(NC(=O)c2ccc([N+](=O)[O-])o2)s1. The van der Waals surface area contributed by atoms with E-state index < -0.39 is 16.7 Å². The van der Waals surface area contributed by atoms with Gasteiger partial charge in [-0.2, -0.15) is 0 Å². The molecule has 0 saturated heterocycles. The number of carbonyl (C=O) groups is 1. The lowest BCUT2D eigenvalue weighted by Gasteiger charge is -2.03. The van der Waals surface area contributed by atoms with Gasteiger partial charge in [-0.25, -0.2) is 4.98 Å². The minimum Gasteiger partial charge on any atom is -0.395 e. The highest BCUT2D eigenvalue weighted by Gasteiger charge is 2.20. The summed E-state index contributed by atoms with van der Waals surface area (Å²) in [6, 6.07) is 11.9. The minimum absolute atomic E-state index is 0.121. The van der Waals surface area contributed by atoms with E-state index in [-0.39, 0.29) is 5.76 Å². The topological polar surface area (TPSA) is 98.3 Å². The van der Waals surface area contributed by atoms with Gasteiger partial charge in [-0.15, -0.1) is 0 Å². The normalized spacial score (nSPS) is 10.6.